The van der Waals surface area contributed by atoms with Crippen LogP contribution in [-0.4, -0.2) is 6.54 Å². The maximum absolute atomic E-state index is 3.73. The number of hydrogen-bond donors (Lipinski definition) is 1. The van der Waals surface area contributed by atoms with E-state index in [1.165, 1.54) is 35.7 Å². The van der Waals surface area contributed by atoms with Crippen LogP contribution in [0.4, 0.5) is 0 Å². The van der Waals surface area contributed by atoms with E-state index in [2.05, 4.69) is 73.2 Å². The minimum Gasteiger partial charge on any atom is -0.310 e. The predicted molar refractivity (Wildman–Crippen MR) is 95.5 cm³/mol. The molecule has 118 valence electrons. The molecule has 0 aliphatic heterocycles. The molecule has 1 N–H and O–H groups in total. The fourth-order valence-electron chi connectivity index (χ4n) is 3.51. The zero-order chi connectivity index (χ0) is 15.5. The van der Waals surface area contributed by atoms with E-state index in [1.807, 2.05) is 0 Å². The summed E-state index contributed by atoms with van der Waals surface area (Å²) in [4.78, 5) is 0. The summed E-state index contributed by atoms with van der Waals surface area (Å²) in [5.41, 5.74) is 1.85. The van der Waals surface area contributed by atoms with Crippen molar-refractivity contribution < 1.29 is 0 Å². The Labute approximate surface area is 139 Å². The van der Waals surface area contributed by atoms with Gasteiger partial charge in [0.25, 0.3) is 0 Å². The lowest BCUT2D eigenvalue weighted by molar-refractivity contribution is 0.148. The van der Waals surface area contributed by atoms with Crippen LogP contribution in [0.3, 0.4) is 0 Å². The lowest BCUT2D eigenvalue weighted by Crippen LogP contribution is -2.31. The van der Waals surface area contributed by atoms with E-state index in [1.54, 1.807) is 0 Å². The topological polar surface area (TPSA) is 12.0 Å². The molecule has 1 atom stereocenters. The third-order valence-electron chi connectivity index (χ3n) is 5.16. The predicted octanol–water partition coefficient (Wildman–Crippen LogP) is 5.95. The highest BCUT2D eigenvalue weighted by atomic mass is 79.9. The Morgan fingerprint density at radius 1 is 1.14 bits per heavy atom. The maximum Gasteiger partial charge on any atom is 0.0303 e. The third kappa shape index (κ3) is 4.82. The standard InChI is InChI=1S/C19H30BrN/c1-14(17-7-5-6-8-18(17)20)21-13-15-9-11-16(12-10-15)19(2,3)4/h5-8,14-16,21H,9-13H2,1-4H3/t14-,15?,16?/m0/s1. The molecule has 1 aromatic carbocycles. The number of rotatable bonds is 4. The van der Waals surface area contributed by atoms with Gasteiger partial charge in [-0.2, -0.15) is 0 Å². The molecule has 0 aromatic heterocycles. The Morgan fingerprint density at radius 3 is 2.33 bits per heavy atom. The van der Waals surface area contributed by atoms with Gasteiger partial charge in [-0.15, -0.1) is 0 Å². The molecule has 1 nitrogen and oxygen atoms in total. The molecule has 0 saturated heterocycles. The van der Waals surface area contributed by atoms with E-state index in [9.17, 15) is 0 Å². The van der Waals surface area contributed by atoms with Crippen LogP contribution < -0.4 is 5.32 Å². The average Bonchev–Trinajstić information content (AvgIpc) is 2.45. The highest BCUT2D eigenvalue weighted by Crippen LogP contribution is 2.39. The smallest absolute Gasteiger partial charge is 0.0303 e. The largest absolute Gasteiger partial charge is 0.310 e. The van der Waals surface area contributed by atoms with Crippen LogP contribution in [0.5, 0.6) is 0 Å². The minimum atomic E-state index is 0.418. The van der Waals surface area contributed by atoms with Crippen molar-refractivity contribution in [2.24, 2.45) is 17.3 Å². The second-order valence-corrected chi connectivity index (χ2v) is 8.59. The highest BCUT2D eigenvalue weighted by Gasteiger charge is 2.29. The summed E-state index contributed by atoms with van der Waals surface area (Å²) in [7, 11) is 0. The first-order valence-corrected chi connectivity index (χ1v) is 9.15. The number of halogens is 1. The SMILES string of the molecule is C[C@H](NCC1CCC(C(C)(C)C)CC1)c1ccccc1Br. The number of benzene rings is 1. The molecule has 21 heavy (non-hydrogen) atoms. The Balaban J connectivity index is 1.79. The Kier molecular flexibility index (Phi) is 5.90. The fraction of sp³-hybridized carbons (Fsp3) is 0.684. The average molecular weight is 352 g/mol. The Hall–Kier alpha value is -0.340. The van der Waals surface area contributed by atoms with Crippen molar-refractivity contribution in [1.29, 1.82) is 0 Å². The van der Waals surface area contributed by atoms with E-state index in [0.29, 0.717) is 11.5 Å². The second kappa shape index (κ2) is 7.28. The van der Waals surface area contributed by atoms with Gasteiger partial charge in [-0.1, -0.05) is 54.9 Å². The molecular weight excluding hydrogens is 322 g/mol. The van der Waals surface area contributed by atoms with Crippen molar-refractivity contribution in [3.05, 3.63) is 34.3 Å². The summed E-state index contributed by atoms with van der Waals surface area (Å²) in [6, 6.07) is 8.95. The molecule has 1 fully saturated rings. The third-order valence-corrected chi connectivity index (χ3v) is 5.88. The van der Waals surface area contributed by atoms with Gasteiger partial charge in [0.1, 0.15) is 0 Å². The van der Waals surface area contributed by atoms with Gasteiger partial charge in [0, 0.05) is 10.5 Å². The van der Waals surface area contributed by atoms with Crippen LogP contribution in [0.25, 0.3) is 0 Å². The lowest BCUT2D eigenvalue weighted by Gasteiger charge is -2.37. The van der Waals surface area contributed by atoms with Crippen LogP contribution in [0.1, 0.15) is 65.0 Å². The van der Waals surface area contributed by atoms with Crippen LogP contribution in [-0.2, 0) is 0 Å². The first-order valence-electron chi connectivity index (χ1n) is 8.35. The molecule has 2 rings (SSSR count). The monoisotopic (exact) mass is 351 g/mol. The van der Waals surface area contributed by atoms with Crippen LogP contribution in [0.15, 0.2) is 28.7 Å². The molecule has 0 bridgehead atoms. The zero-order valence-corrected chi connectivity index (χ0v) is 15.5. The summed E-state index contributed by atoms with van der Waals surface area (Å²) < 4.78 is 1.21. The van der Waals surface area contributed by atoms with Crippen molar-refractivity contribution in [1.82, 2.24) is 5.32 Å². The van der Waals surface area contributed by atoms with Gasteiger partial charge in [-0.25, -0.2) is 0 Å². The molecule has 1 saturated carbocycles. The summed E-state index contributed by atoms with van der Waals surface area (Å²) in [6.45, 7) is 10.6. The molecule has 0 spiro atoms. The Bertz CT molecular complexity index is 441. The summed E-state index contributed by atoms with van der Waals surface area (Å²) in [5.74, 6) is 1.77. The molecule has 0 amide bonds. The van der Waals surface area contributed by atoms with Crippen LogP contribution >= 0.6 is 15.9 Å². The summed E-state index contributed by atoms with van der Waals surface area (Å²) >= 11 is 3.65. The second-order valence-electron chi connectivity index (χ2n) is 7.74. The molecule has 1 aromatic rings. The quantitative estimate of drug-likeness (QED) is 0.706. The van der Waals surface area contributed by atoms with Gasteiger partial charge in [-0.3, -0.25) is 0 Å². The highest BCUT2D eigenvalue weighted by molar-refractivity contribution is 9.10. The van der Waals surface area contributed by atoms with Gasteiger partial charge in [-0.05, 0) is 68.0 Å². The van der Waals surface area contributed by atoms with Crippen molar-refractivity contribution in [3.63, 3.8) is 0 Å². The normalized spacial score (nSPS) is 24.8. The van der Waals surface area contributed by atoms with Crippen molar-refractivity contribution >= 4 is 15.9 Å². The summed E-state index contributed by atoms with van der Waals surface area (Å²) in [6.07, 6.45) is 5.58. The number of nitrogens with one attached hydrogen (secondary N) is 1. The van der Waals surface area contributed by atoms with Gasteiger partial charge in [0.15, 0.2) is 0 Å². The van der Waals surface area contributed by atoms with Crippen molar-refractivity contribution in [3.8, 4) is 0 Å². The van der Waals surface area contributed by atoms with E-state index in [4.69, 9.17) is 0 Å². The molecule has 0 heterocycles. The fourth-order valence-corrected chi connectivity index (χ4v) is 4.14. The van der Waals surface area contributed by atoms with E-state index in [-0.39, 0.29) is 0 Å². The maximum atomic E-state index is 3.73. The molecule has 2 heteroatoms. The van der Waals surface area contributed by atoms with Crippen LogP contribution in [0, 0.1) is 17.3 Å². The zero-order valence-electron chi connectivity index (χ0n) is 14.0. The molecule has 0 radical (unpaired) electrons. The summed E-state index contributed by atoms with van der Waals surface area (Å²) in [5, 5.41) is 3.73. The number of hydrogen-bond acceptors (Lipinski definition) is 1. The van der Waals surface area contributed by atoms with Gasteiger partial charge in [0.05, 0.1) is 0 Å². The lowest BCUT2D eigenvalue weighted by atomic mass is 9.70. The van der Waals surface area contributed by atoms with Crippen molar-refractivity contribution in [2.75, 3.05) is 6.54 Å². The van der Waals surface area contributed by atoms with Gasteiger partial charge < -0.3 is 5.32 Å². The van der Waals surface area contributed by atoms with Gasteiger partial charge in [0.2, 0.25) is 0 Å². The minimum absolute atomic E-state index is 0.418. The molecule has 1 aliphatic rings. The van der Waals surface area contributed by atoms with E-state index >= 15 is 0 Å². The van der Waals surface area contributed by atoms with Gasteiger partial charge >= 0.3 is 0 Å². The molecule has 1 aliphatic carbocycles. The molecular formula is C19H30BrN. The van der Waals surface area contributed by atoms with Crippen molar-refractivity contribution in [2.45, 2.75) is 59.4 Å². The molecule has 0 unspecified atom stereocenters. The first kappa shape index (κ1) is 17.0. The van der Waals surface area contributed by atoms with E-state index in [0.717, 1.165) is 18.4 Å². The van der Waals surface area contributed by atoms with Crippen LogP contribution in [0.2, 0.25) is 0 Å². The van der Waals surface area contributed by atoms with E-state index < -0.39 is 0 Å². The first-order chi connectivity index (χ1) is 9.88. The Morgan fingerprint density at radius 2 is 1.76 bits per heavy atom.